The van der Waals surface area contributed by atoms with Gasteiger partial charge < -0.3 is 9.84 Å². The molecule has 0 radical (unpaired) electrons. The molecule has 1 rings (SSSR count). The van der Waals surface area contributed by atoms with Crippen LogP contribution in [0.5, 0.6) is 0 Å². The van der Waals surface area contributed by atoms with E-state index in [0.29, 0.717) is 13.2 Å². The molecule has 1 amide bonds. The zero-order chi connectivity index (χ0) is 17.6. The van der Waals surface area contributed by atoms with Crippen molar-refractivity contribution in [1.82, 2.24) is 9.96 Å². The van der Waals surface area contributed by atoms with Crippen molar-refractivity contribution in [2.24, 2.45) is 0 Å². The number of ether oxygens (including phenoxy) is 1. The Bertz CT molecular complexity index is 442. The van der Waals surface area contributed by atoms with Gasteiger partial charge in [0.05, 0.1) is 25.3 Å². The monoisotopic (exact) mass is 326 g/mol. The topological polar surface area (TPSA) is 62.2 Å². The Balaban J connectivity index is 2.97. The van der Waals surface area contributed by atoms with E-state index in [1.165, 1.54) is 0 Å². The maximum Gasteiger partial charge on any atom is 0.410 e. The molecule has 1 aliphatic rings. The van der Waals surface area contributed by atoms with Crippen molar-refractivity contribution in [3.8, 4) is 0 Å². The molecule has 6 nitrogen and oxygen atoms in total. The molecular weight excluding hydrogens is 296 g/mol. The van der Waals surface area contributed by atoms with Crippen molar-refractivity contribution in [2.75, 3.05) is 26.8 Å². The van der Waals surface area contributed by atoms with Crippen molar-refractivity contribution < 1.29 is 19.5 Å². The molecule has 2 atom stereocenters. The number of hydroxylamine groups is 2. The Morgan fingerprint density at radius 2 is 2.22 bits per heavy atom. The quantitative estimate of drug-likeness (QED) is 0.600. The van der Waals surface area contributed by atoms with Crippen molar-refractivity contribution in [1.29, 1.82) is 0 Å². The van der Waals surface area contributed by atoms with Gasteiger partial charge in [-0.05, 0) is 32.8 Å². The highest BCUT2D eigenvalue weighted by Gasteiger charge is 2.35. The van der Waals surface area contributed by atoms with E-state index in [-0.39, 0.29) is 24.8 Å². The molecule has 0 aromatic heterocycles. The van der Waals surface area contributed by atoms with E-state index in [2.05, 4.69) is 6.58 Å². The van der Waals surface area contributed by atoms with Gasteiger partial charge in [-0.1, -0.05) is 19.1 Å². The molecule has 0 saturated carbocycles. The summed E-state index contributed by atoms with van der Waals surface area (Å²) in [7, 11) is 1.79. The first-order valence-electron chi connectivity index (χ1n) is 8.01. The largest absolute Gasteiger partial charge is 0.444 e. The van der Waals surface area contributed by atoms with Gasteiger partial charge in [-0.3, -0.25) is 9.74 Å². The van der Waals surface area contributed by atoms with Crippen LogP contribution < -0.4 is 0 Å². The van der Waals surface area contributed by atoms with Crippen LogP contribution in [0.2, 0.25) is 0 Å². The first-order chi connectivity index (χ1) is 10.7. The van der Waals surface area contributed by atoms with Crippen LogP contribution in [0.3, 0.4) is 0 Å². The van der Waals surface area contributed by atoms with Gasteiger partial charge in [0.2, 0.25) is 0 Å². The van der Waals surface area contributed by atoms with E-state index in [0.717, 1.165) is 12.0 Å². The van der Waals surface area contributed by atoms with Crippen molar-refractivity contribution >= 4 is 6.09 Å². The molecular formula is C17H30N2O4. The molecule has 1 N–H and O–H groups in total. The second-order valence-electron chi connectivity index (χ2n) is 6.65. The van der Waals surface area contributed by atoms with Crippen LogP contribution in [0.4, 0.5) is 4.79 Å². The average molecular weight is 326 g/mol. The summed E-state index contributed by atoms with van der Waals surface area (Å²) in [4.78, 5) is 19.7. The number of nitrogens with zero attached hydrogens (tertiary/aromatic N) is 2. The number of rotatable bonds is 6. The number of likely N-dealkylation sites (N-methyl/N-ethyl adjacent to an activating group) is 1. The van der Waals surface area contributed by atoms with Gasteiger partial charge in [0.15, 0.2) is 0 Å². The Kier molecular flexibility index (Phi) is 7.25. The molecule has 0 fully saturated rings. The number of carbonyl (C=O) groups excluding carboxylic acids is 1. The highest BCUT2D eigenvalue weighted by Crippen LogP contribution is 2.24. The van der Waals surface area contributed by atoms with E-state index >= 15 is 0 Å². The third-order valence-electron chi connectivity index (χ3n) is 3.67. The van der Waals surface area contributed by atoms with Gasteiger partial charge in [-0.25, -0.2) is 4.79 Å². The third-order valence-corrected chi connectivity index (χ3v) is 3.67. The second kappa shape index (κ2) is 8.47. The van der Waals surface area contributed by atoms with Crippen LogP contribution in [0.1, 0.15) is 34.1 Å². The maximum atomic E-state index is 12.5. The first-order valence-corrected chi connectivity index (χ1v) is 8.01. The fourth-order valence-corrected chi connectivity index (χ4v) is 2.52. The highest BCUT2D eigenvalue weighted by molar-refractivity contribution is 5.69. The molecule has 23 heavy (non-hydrogen) atoms. The summed E-state index contributed by atoms with van der Waals surface area (Å²) in [5, 5.41) is 11.3. The zero-order valence-corrected chi connectivity index (χ0v) is 14.9. The van der Waals surface area contributed by atoms with E-state index in [1.54, 1.807) is 23.1 Å². The van der Waals surface area contributed by atoms with E-state index in [4.69, 9.17) is 9.57 Å². The fraction of sp³-hybridized carbons (Fsp3) is 0.706. The summed E-state index contributed by atoms with van der Waals surface area (Å²) in [6.45, 7) is 11.9. The summed E-state index contributed by atoms with van der Waals surface area (Å²) >= 11 is 0. The smallest absolute Gasteiger partial charge is 0.410 e. The summed E-state index contributed by atoms with van der Waals surface area (Å²) in [5.41, 5.74) is 0.306. The van der Waals surface area contributed by atoms with E-state index in [9.17, 15) is 9.90 Å². The standard InChI is InChI=1S/C17H30N2O4/c1-7-9-22-18(6)15-11-19(16(21)23-17(3,4)5)14(8-2)10-13(15)12-20/h7,10,14-15,20H,1,8-9,11-12H2,2-6H3/t14-,15+/m1/s1. The van der Waals surface area contributed by atoms with Crippen LogP contribution in [-0.2, 0) is 9.57 Å². The van der Waals surface area contributed by atoms with Crippen molar-refractivity contribution in [3.05, 3.63) is 24.3 Å². The maximum absolute atomic E-state index is 12.5. The lowest BCUT2D eigenvalue weighted by Crippen LogP contribution is -2.54. The number of hydrogen-bond donors (Lipinski definition) is 1. The lowest BCUT2D eigenvalue weighted by atomic mass is 9.97. The average Bonchev–Trinajstić information content (AvgIpc) is 2.49. The Labute approximate surface area is 139 Å². The number of hydrogen-bond acceptors (Lipinski definition) is 5. The molecule has 0 unspecified atom stereocenters. The summed E-state index contributed by atoms with van der Waals surface area (Å²) < 4.78 is 5.51. The SMILES string of the molecule is C=CCON(C)[C@H]1CN(C(=O)OC(C)(C)C)[C@H](CC)C=C1CO. The fourth-order valence-electron chi connectivity index (χ4n) is 2.52. The number of amides is 1. The molecule has 0 aromatic carbocycles. The minimum Gasteiger partial charge on any atom is -0.444 e. The van der Waals surface area contributed by atoms with Crippen molar-refractivity contribution in [2.45, 2.75) is 51.8 Å². The minimum absolute atomic E-state index is 0.0644. The molecule has 1 heterocycles. The lowest BCUT2D eigenvalue weighted by molar-refractivity contribution is -0.156. The van der Waals surface area contributed by atoms with Gasteiger partial charge in [-0.2, -0.15) is 5.06 Å². The van der Waals surface area contributed by atoms with Gasteiger partial charge in [0.25, 0.3) is 0 Å². The number of carbonyl (C=O) groups is 1. The second-order valence-corrected chi connectivity index (χ2v) is 6.65. The summed E-state index contributed by atoms with van der Waals surface area (Å²) in [6.07, 6.45) is 4.00. The van der Waals surface area contributed by atoms with Crippen LogP contribution in [0.15, 0.2) is 24.3 Å². The molecule has 0 spiro atoms. The third kappa shape index (κ3) is 5.64. The predicted molar refractivity (Wildman–Crippen MR) is 89.9 cm³/mol. The molecule has 6 heteroatoms. The molecule has 132 valence electrons. The van der Waals surface area contributed by atoms with Gasteiger partial charge >= 0.3 is 6.09 Å². The Morgan fingerprint density at radius 3 is 2.70 bits per heavy atom. The van der Waals surface area contributed by atoms with Gasteiger partial charge in [-0.15, -0.1) is 6.58 Å². The van der Waals surface area contributed by atoms with Crippen LogP contribution in [-0.4, -0.2) is 65.7 Å². The lowest BCUT2D eigenvalue weighted by Gasteiger charge is -2.41. The van der Waals surface area contributed by atoms with Crippen molar-refractivity contribution in [3.63, 3.8) is 0 Å². The van der Waals surface area contributed by atoms with Crippen LogP contribution >= 0.6 is 0 Å². The van der Waals surface area contributed by atoms with Crippen LogP contribution in [0.25, 0.3) is 0 Å². The zero-order valence-electron chi connectivity index (χ0n) is 14.9. The predicted octanol–water partition coefficient (Wildman–Crippen LogP) is 2.35. The van der Waals surface area contributed by atoms with Crippen LogP contribution in [0, 0.1) is 0 Å². The Morgan fingerprint density at radius 1 is 1.57 bits per heavy atom. The summed E-state index contributed by atoms with van der Waals surface area (Å²) in [6, 6.07) is -0.300. The summed E-state index contributed by atoms with van der Waals surface area (Å²) in [5.74, 6) is 0. The van der Waals surface area contributed by atoms with Gasteiger partial charge in [0, 0.05) is 13.6 Å². The van der Waals surface area contributed by atoms with Gasteiger partial charge in [0.1, 0.15) is 5.60 Å². The number of aliphatic hydroxyl groups excluding tert-OH is 1. The van der Waals surface area contributed by atoms with E-state index < -0.39 is 5.60 Å². The first kappa shape index (κ1) is 19.7. The molecule has 0 aromatic rings. The number of aliphatic hydroxyl groups is 1. The highest BCUT2D eigenvalue weighted by atomic mass is 16.7. The molecule has 0 saturated heterocycles. The minimum atomic E-state index is -0.545. The van der Waals surface area contributed by atoms with E-state index in [1.807, 2.05) is 33.8 Å². The molecule has 1 aliphatic heterocycles. The molecule has 0 bridgehead atoms. The Hall–Kier alpha value is -1.37. The normalized spacial score (nSPS) is 22.0. The molecule has 0 aliphatic carbocycles.